The Morgan fingerprint density at radius 1 is 1.38 bits per heavy atom. The Balaban J connectivity index is 2.00. The summed E-state index contributed by atoms with van der Waals surface area (Å²) in [4.78, 5) is 28.2. The molecule has 1 unspecified atom stereocenters. The van der Waals surface area contributed by atoms with Crippen LogP contribution in [0.3, 0.4) is 0 Å². The minimum absolute atomic E-state index is 0.111. The van der Waals surface area contributed by atoms with Crippen molar-refractivity contribution >= 4 is 40.6 Å². The summed E-state index contributed by atoms with van der Waals surface area (Å²) in [6, 6.07) is 3.15. The summed E-state index contributed by atoms with van der Waals surface area (Å²) in [6.45, 7) is 3.44. The van der Waals surface area contributed by atoms with E-state index in [1.807, 2.05) is 0 Å². The number of nitrogens with one attached hydrogen (secondary N) is 1. The van der Waals surface area contributed by atoms with Crippen LogP contribution in [0.1, 0.15) is 17.5 Å². The van der Waals surface area contributed by atoms with Gasteiger partial charge in [-0.05, 0) is 26.0 Å². The minimum Gasteiger partial charge on any atom is -0.369 e. The quantitative estimate of drug-likeness (QED) is 0.765. The Morgan fingerprint density at radius 2 is 2.08 bits per heavy atom. The number of halogens is 2. The molecule has 1 heterocycles. The molecule has 0 saturated carbocycles. The van der Waals surface area contributed by atoms with Gasteiger partial charge in [0.05, 0.1) is 17.4 Å². The van der Waals surface area contributed by atoms with Crippen molar-refractivity contribution in [3.05, 3.63) is 40.4 Å². The zero-order valence-electron chi connectivity index (χ0n) is 12.9. The van der Waals surface area contributed by atoms with Crippen LogP contribution in [0, 0.1) is 18.6 Å². The number of thiazole rings is 1. The maximum absolute atomic E-state index is 13.2. The standard InChI is InChI=1S/C15H15F2N3O2S2/c1-7-12(6-13(18)21)24-15(19-7)23-8(2)14(22)20-9-3-4-10(16)11(17)5-9/h3-5,8H,6H2,1-2H3,(H2,18,21)(H,20,22). The first-order valence-electron chi connectivity index (χ1n) is 6.93. The number of hydrogen-bond donors (Lipinski definition) is 2. The van der Waals surface area contributed by atoms with E-state index in [1.165, 1.54) is 29.2 Å². The van der Waals surface area contributed by atoms with Gasteiger partial charge in [-0.2, -0.15) is 0 Å². The summed E-state index contributed by atoms with van der Waals surface area (Å²) >= 11 is 2.52. The molecule has 1 aromatic heterocycles. The van der Waals surface area contributed by atoms with E-state index in [0.29, 0.717) is 10.0 Å². The third-order valence-corrected chi connectivity index (χ3v) is 5.39. The smallest absolute Gasteiger partial charge is 0.237 e. The molecular weight excluding hydrogens is 356 g/mol. The van der Waals surface area contributed by atoms with Crippen molar-refractivity contribution < 1.29 is 18.4 Å². The Kier molecular flexibility index (Phi) is 5.89. The highest BCUT2D eigenvalue weighted by Crippen LogP contribution is 2.31. The lowest BCUT2D eigenvalue weighted by molar-refractivity contribution is -0.117. The zero-order valence-corrected chi connectivity index (χ0v) is 14.6. The van der Waals surface area contributed by atoms with E-state index in [9.17, 15) is 18.4 Å². The summed E-state index contributed by atoms with van der Waals surface area (Å²) in [7, 11) is 0. The lowest BCUT2D eigenvalue weighted by atomic mass is 10.3. The van der Waals surface area contributed by atoms with Crippen molar-refractivity contribution in [2.45, 2.75) is 29.9 Å². The van der Waals surface area contributed by atoms with Crippen LogP contribution in [0.5, 0.6) is 0 Å². The van der Waals surface area contributed by atoms with Crippen LogP contribution < -0.4 is 11.1 Å². The van der Waals surface area contributed by atoms with E-state index in [0.717, 1.165) is 17.0 Å². The maximum Gasteiger partial charge on any atom is 0.237 e. The average molecular weight is 371 g/mol. The van der Waals surface area contributed by atoms with E-state index < -0.39 is 22.8 Å². The average Bonchev–Trinajstić information content (AvgIpc) is 2.81. The van der Waals surface area contributed by atoms with Gasteiger partial charge in [0.25, 0.3) is 0 Å². The highest BCUT2D eigenvalue weighted by atomic mass is 32.2. The van der Waals surface area contributed by atoms with Crippen LogP contribution in [0.25, 0.3) is 0 Å². The summed E-state index contributed by atoms with van der Waals surface area (Å²) in [5.74, 6) is -2.81. The number of hydrogen-bond acceptors (Lipinski definition) is 5. The number of primary amides is 1. The highest BCUT2D eigenvalue weighted by Gasteiger charge is 2.19. The number of rotatable bonds is 6. The van der Waals surface area contributed by atoms with E-state index in [-0.39, 0.29) is 18.0 Å². The third-order valence-electron chi connectivity index (χ3n) is 3.04. The molecular formula is C15H15F2N3O2S2. The van der Waals surface area contributed by atoms with Crippen molar-refractivity contribution in [2.24, 2.45) is 5.73 Å². The fourth-order valence-corrected chi connectivity index (χ4v) is 4.18. The number of nitrogens with two attached hydrogens (primary N) is 1. The first-order valence-corrected chi connectivity index (χ1v) is 8.63. The van der Waals surface area contributed by atoms with Gasteiger partial charge in [-0.15, -0.1) is 11.3 Å². The van der Waals surface area contributed by atoms with Crippen LogP contribution in [0.4, 0.5) is 14.5 Å². The van der Waals surface area contributed by atoms with Gasteiger partial charge in [-0.1, -0.05) is 11.8 Å². The molecule has 0 spiro atoms. The molecule has 0 radical (unpaired) electrons. The van der Waals surface area contributed by atoms with E-state index in [2.05, 4.69) is 10.3 Å². The molecule has 9 heteroatoms. The lowest BCUT2D eigenvalue weighted by Gasteiger charge is -2.10. The zero-order chi connectivity index (χ0) is 17.9. The Labute approximate surface area is 145 Å². The fraction of sp³-hybridized carbons (Fsp3) is 0.267. The van der Waals surface area contributed by atoms with Crippen molar-refractivity contribution in [1.82, 2.24) is 4.98 Å². The Bertz CT molecular complexity index is 780. The highest BCUT2D eigenvalue weighted by molar-refractivity contribution is 8.02. The number of thioether (sulfide) groups is 1. The van der Waals surface area contributed by atoms with E-state index >= 15 is 0 Å². The molecule has 0 aliphatic carbocycles. The van der Waals surface area contributed by atoms with Crippen LogP contribution in [-0.2, 0) is 16.0 Å². The number of aromatic nitrogens is 1. The minimum atomic E-state index is -1.03. The fourth-order valence-electron chi connectivity index (χ4n) is 1.80. The van der Waals surface area contributed by atoms with Gasteiger partial charge in [-0.3, -0.25) is 9.59 Å². The number of benzene rings is 1. The Hall–Kier alpha value is -2.00. The van der Waals surface area contributed by atoms with Crippen LogP contribution >= 0.6 is 23.1 Å². The van der Waals surface area contributed by atoms with Gasteiger partial charge < -0.3 is 11.1 Å². The molecule has 0 aliphatic rings. The molecule has 1 aromatic carbocycles. The number of carbonyl (C=O) groups is 2. The molecule has 0 aliphatic heterocycles. The van der Waals surface area contributed by atoms with Gasteiger partial charge >= 0.3 is 0 Å². The van der Waals surface area contributed by atoms with Gasteiger partial charge in [0.15, 0.2) is 16.0 Å². The predicted octanol–water partition coefficient (Wildman–Crippen LogP) is 2.88. The van der Waals surface area contributed by atoms with Gasteiger partial charge in [-0.25, -0.2) is 13.8 Å². The van der Waals surface area contributed by atoms with E-state index in [1.54, 1.807) is 13.8 Å². The number of carbonyl (C=O) groups excluding carboxylic acids is 2. The largest absolute Gasteiger partial charge is 0.369 e. The molecule has 1 atom stereocenters. The first kappa shape index (κ1) is 18.3. The van der Waals surface area contributed by atoms with Crippen molar-refractivity contribution in [3.63, 3.8) is 0 Å². The number of anilines is 1. The SMILES string of the molecule is Cc1nc(SC(C)C(=O)Nc2ccc(F)c(F)c2)sc1CC(N)=O. The second-order valence-electron chi connectivity index (χ2n) is 5.01. The molecule has 0 fully saturated rings. The molecule has 2 rings (SSSR count). The number of amides is 2. The van der Waals surface area contributed by atoms with Gasteiger partial charge in [0, 0.05) is 16.6 Å². The summed E-state index contributed by atoms with van der Waals surface area (Å²) in [5, 5.41) is 2.01. The lowest BCUT2D eigenvalue weighted by Crippen LogP contribution is -2.22. The molecule has 0 saturated heterocycles. The first-order chi connectivity index (χ1) is 11.3. The normalized spacial score (nSPS) is 12.0. The van der Waals surface area contributed by atoms with Crippen LogP contribution in [-0.4, -0.2) is 22.0 Å². The van der Waals surface area contributed by atoms with E-state index in [4.69, 9.17) is 5.73 Å². The topological polar surface area (TPSA) is 85.1 Å². The monoisotopic (exact) mass is 371 g/mol. The third kappa shape index (κ3) is 4.75. The van der Waals surface area contributed by atoms with Gasteiger partial charge in [0.2, 0.25) is 11.8 Å². The number of aryl methyl sites for hydroxylation is 1. The van der Waals surface area contributed by atoms with Crippen molar-refractivity contribution in [3.8, 4) is 0 Å². The second-order valence-corrected chi connectivity index (χ2v) is 7.68. The summed E-state index contributed by atoms with van der Waals surface area (Å²) in [6.07, 6.45) is 0.111. The molecule has 2 amide bonds. The molecule has 3 N–H and O–H groups in total. The molecule has 128 valence electrons. The predicted molar refractivity (Wildman–Crippen MR) is 90.1 cm³/mol. The van der Waals surface area contributed by atoms with Crippen molar-refractivity contribution in [2.75, 3.05) is 5.32 Å². The molecule has 24 heavy (non-hydrogen) atoms. The maximum atomic E-state index is 13.2. The van der Waals surface area contributed by atoms with Crippen molar-refractivity contribution in [1.29, 1.82) is 0 Å². The molecule has 2 aromatic rings. The summed E-state index contributed by atoms with van der Waals surface area (Å²) < 4.78 is 26.7. The number of nitrogens with zero attached hydrogens (tertiary/aromatic N) is 1. The molecule has 0 bridgehead atoms. The Morgan fingerprint density at radius 3 is 2.71 bits per heavy atom. The summed E-state index contributed by atoms with van der Waals surface area (Å²) in [5.41, 5.74) is 6.05. The van der Waals surface area contributed by atoms with Crippen LogP contribution in [0.15, 0.2) is 22.5 Å². The second kappa shape index (κ2) is 7.71. The molecule has 5 nitrogen and oxygen atoms in total. The van der Waals surface area contributed by atoms with Crippen LogP contribution in [0.2, 0.25) is 0 Å². The van der Waals surface area contributed by atoms with Gasteiger partial charge in [0.1, 0.15) is 0 Å².